The summed E-state index contributed by atoms with van der Waals surface area (Å²) in [7, 11) is 0. The first kappa shape index (κ1) is 19.0. The summed E-state index contributed by atoms with van der Waals surface area (Å²) in [5, 5.41) is 18.4. The number of nitrogens with zero attached hydrogens (tertiary/aromatic N) is 3. The average Bonchev–Trinajstić information content (AvgIpc) is 3.14. The van der Waals surface area contributed by atoms with Crippen molar-refractivity contribution in [3.8, 4) is 0 Å². The molecular formula is C18H26N4O3S. The lowest BCUT2D eigenvalue weighted by Gasteiger charge is -2.36. The molecule has 1 saturated heterocycles. The quantitative estimate of drug-likeness (QED) is 0.827. The first-order valence-corrected chi connectivity index (χ1v) is 9.80. The van der Waals surface area contributed by atoms with Gasteiger partial charge in [-0.1, -0.05) is 12.1 Å². The van der Waals surface area contributed by atoms with Crippen LogP contribution >= 0.6 is 11.3 Å². The highest BCUT2D eigenvalue weighted by Crippen LogP contribution is 2.21. The molecule has 2 aromatic rings. The number of hydrogen-bond donors (Lipinski definition) is 2. The molecule has 1 fully saturated rings. The molecule has 3 rings (SSSR count). The van der Waals surface area contributed by atoms with Gasteiger partial charge in [0.1, 0.15) is 10.6 Å². The van der Waals surface area contributed by atoms with E-state index in [-0.39, 0.29) is 11.9 Å². The molecular weight excluding hydrogens is 352 g/mol. The molecule has 3 heterocycles. The SMILES string of the molecule is CCc1nc(C)c(C(=O)N[C@@H]2CCN(Cc3c(C)noc3C)C[C@H]2O)s1. The van der Waals surface area contributed by atoms with E-state index in [0.717, 1.165) is 40.7 Å². The number of aromatic nitrogens is 2. The lowest BCUT2D eigenvalue weighted by molar-refractivity contribution is 0.0348. The Bertz CT molecular complexity index is 766. The monoisotopic (exact) mass is 378 g/mol. The smallest absolute Gasteiger partial charge is 0.263 e. The minimum atomic E-state index is -0.605. The molecule has 0 aromatic carbocycles. The molecule has 0 bridgehead atoms. The molecule has 2 aromatic heterocycles. The van der Waals surface area contributed by atoms with Crippen molar-refractivity contribution in [3.63, 3.8) is 0 Å². The van der Waals surface area contributed by atoms with Crippen LogP contribution in [0.4, 0.5) is 0 Å². The Morgan fingerprint density at radius 1 is 1.38 bits per heavy atom. The number of carbonyl (C=O) groups is 1. The number of aliphatic hydroxyl groups excluding tert-OH is 1. The first-order chi connectivity index (χ1) is 12.4. The topological polar surface area (TPSA) is 91.5 Å². The van der Waals surface area contributed by atoms with Gasteiger partial charge in [0.2, 0.25) is 0 Å². The summed E-state index contributed by atoms with van der Waals surface area (Å²) in [5.41, 5.74) is 2.72. The van der Waals surface area contributed by atoms with E-state index < -0.39 is 6.10 Å². The van der Waals surface area contributed by atoms with Crippen LogP contribution in [-0.2, 0) is 13.0 Å². The third-order valence-electron chi connectivity index (χ3n) is 4.90. The van der Waals surface area contributed by atoms with E-state index in [9.17, 15) is 9.90 Å². The van der Waals surface area contributed by atoms with Crippen LogP contribution in [0.3, 0.4) is 0 Å². The molecule has 0 saturated carbocycles. The van der Waals surface area contributed by atoms with E-state index in [1.807, 2.05) is 27.7 Å². The van der Waals surface area contributed by atoms with Crippen molar-refractivity contribution >= 4 is 17.2 Å². The highest BCUT2D eigenvalue weighted by molar-refractivity contribution is 7.13. The fraction of sp³-hybridized carbons (Fsp3) is 0.611. The Kier molecular flexibility index (Phi) is 5.74. The molecule has 1 aliphatic heterocycles. The van der Waals surface area contributed by atoms with Gasteiger partial charge in [0.05, 0.1) is 28.5 Å². The molecule has 0 unspecified atom stereocenters. The number of likely N-dealkylation sites (tertiary alicyclic amines) is 1. The largest absolute Gasteiger partial charge is 0.390 e. The van der Waals surface area contributed by atoms with Crippen LogP contribution < -0.4 is 5.32 Å². The fourth-order valence-corrected chi connectivity index (χ4v) is 4.22. The van der Waals surface area contributed by atoms with E-state index in [0.29, 0.717) is 24.4 Å². The summed E-state index contributed by atoms with van der Waals surface area (Å²) >= 11 is 1.43. The number of piperidine rings is 1. The molecule has 2 atom stereocenters. The molecule has 7 nitrogen and oxygen atoms in total. The van der Waals surface area contributed by atoms with E-state index in [4.69, 9.17) is 4.52 Å². The maximum atomic E-state index is 12.5. The van der Waals surface area contributed by atoms with Crippen LogP contribution in [0, 0.1) is 20.8 Å². The molecule has 26 heavy (non-hydrogen) atoms. The summed E-state index contributed by atoms with van der Waals surface area (Å²) in [5.74, 6) is 0.683. The maximum absolute atomic E-state index is 12.5. The molecule has 142 valence electrons. The summed E-state index contributed by atoms with van der Waals surface area (Å²) in [6, 6.07) is -0.241. The van der Waals surface area contributed by atoms with Crippen molar-refractivity contribution in [3.05, 3.63) is 32.6 Å². The van der Waals surface area contributed by atoms with Crippen molar-refractivity contribution in [2.24, 2.45) is 0 Å². The van der Waals surface area contributed by atoms with Crippen molar-refractivity contribution in [2.45, 2.75) is 59.2 Å². The summed E-state index contributed by atoms with van der Waals surface area (Å²) in [6.07, 6.45) is 0.919. The summed E-state index contributed by atoms with van der Waals surface area (Å²) in [4.78, 5) is 19.8. The number of thiazole rings is 1. The minimum Gasteiger partial charge on any atom is -0.390 e. The second-order valence-electron chi connectivity index (χ2n) is 6.85. The van der Waals surface area contributed by atoms with Gasteiger partial charge in [-0.05, 0) is 33.6 Å². The Morgan fingerprint density at radius 2 is 2.15 bits per heavy atom. The van der Waals surface area contributed by atoms with Gasteiger partial charge in [0.15, 0.2) is 0 Å². The zero-order valence-corrected chi connectivity index (χ0v) is 16.5. The van der Waals surface area contributed by atoms with Crippen LogP contribution in [-0.4, -0.2) is 51.3 Å². The third-order valence-corrected chi connectivity index (χ3v) is 6.20. The number of aryl methyl sites for hydroxylation is 4. The first-order valence-electron chi connectivity index (χ1n) is 8.98. The van der Waals surface area contributed by atoms with Crippen molar-refractivity contribution in [1.82, 2.24) is 20.4 Å². The van der Waals surface area contributed by atoms with E-state index in [1.165, 1.54) is 11.3 Å². The van der Waals surface area contributed by atoms with Crippen LogP contribution in [0.2, 0.25) is 0 Å². The lowest BCUT2D eigenvalue weighted by Crippen LogP contribution is -2.53. The zero-order valence-electron chi connectivity index (χ0n) is 15.7. The minimum absolute atomic E-state index is 0.136. The molecule has 2 N–H and O–H groups in total. The Labute approximate surface area is 157 Å². The molecule has 1 amide bonds. The number of hydrogen-bond acceptors (Lipinski definition) is 7. The predicted octanol–water partition coefficient (Wildman–Crippen LogP) is 1.98. The van der Waals surface area contributed by atoms with Crippen LogP contribution in [0.15, 0.2) is 4.52 Å². The fourth-order valence-electron chi connectivity index (χ4n) is 3.31. The number of nitrogens with one attached hydrogen (secondary N) is 1. The maximum Gasteiger partial charge on any atom is 0.263 e. The second kappa shape index (κ2) is 7.85. The molecule has 0 radical (unpaired) electrons. The van der Waals surface area contributed by atoms with Crippen molar-refractivity contribution in [2.75, 3.05) is 13.1 Å². The van der Waals surface area contributed by atoms with Gasteiger partial charge in [-0.2, -0.15) is 0 Å². The second-order valence-corrected chi connectivity index (χ2v) is 7.93. The Hall–Kier alpha value is -1.77. The Balaban J connectivity index is 1.58. The molecule has 0 aliphatic carbocycles. The van der Waals surface area contributed by atoms with Crippen LogP contribution in [0.25, 0.3) is 0 Å². The normalized spacial score (nSPS) is 21.1. The standard InChI is InChI=1S/C18H26N4O3S/c1-5-16-19-11(3)17(26-16)18(24)20-14-6-7-22(9-15(14)23)8-13-10(2)21-25-12(13)4/h14-15,23H,5-9H2,1-4H3,(H,20,24)/t14-,15-/m1/s1. The van der Waals surface area contributed by atoms with Gasteiger partial charge >= 0.3 is 0 Å². The van der Waals surface area contributed by atoms with Gasteiger partial charge in [0.25, 0.3) is 5.91 Å². The number of aliphatic hydroxyl groups is 1. The highest BCUT2D eigenvalue weighted by atomic mass is 32.1. The third kappa shape index (κ3) is 3.97. The summed E-state index contributed by atoms with van der Waals surface area (Å²) < 4.78 is 5.21. The van der Waals surface area contributed by atoms with E-state index >= 15 is 0 Å². The zero-order chi connectivity index (χ0) is 18.8. The van der Waals surface area contributed by atoms with Crippen LogP contribution in [0.5, 0.6) is 0 Å². The Morgan fingerprint density at radius 3 is 2.73 bits per heavy atom. The van der Waals surface area contributed by atoms with Crippen LogP contribution in [0.1, 0.15) is 50.7 Å². The molecule has 1 aliphatic rings. The van der Waals surface area contributed by atoms with E-state index in [1.54, 1.807) is 0 Å². The van der Waals surface area contributed by atoms with Gasteiger partial charge in [-0.25, -0.2) is 4.98 Å². The van der Waals surface area contributed by atoms with E-state index in [2.05, 4.69) is 20.4 Å². The number of amides is 1. The lowest BCUT2D eigenvalue weighted by atomic mass is 10.0. The van der Waals surface area contributed by atoms with Crippen molar-refractivity contribution < 1.29 is 14.4 Å². The van der Waals surface area contributed by atoms with Gasteiger partial charge in [-0.3, -0.25) is 9.69 Å². The number of rotatable bonds is 5. The summed E-state index contributed by atoms with van der Waals surface area (Å²) in [6.45, 7) is 9.72. The van der Waals surface area contributed by atoms with Gasteiger partial charge in [0, 0.05) is 25.2 Å². The van der Waals surface area contributed by atoms with Gasteiger partial charge < -0.3 is 14.9 Å². The average molecular weight is 378 g/mol. The number of carbonyl (C=O) groups excluding carboxylic acids is 1. The molecule has 8 heteroatoms. The van der Waals surface area contributed by atoms with Crippen molar-refractivity contribution in [1.29, 1.82) is 0 Å². The molecule has 0 spiro atoms. The van der Waals surface area contributed by atoms with Gasteiger partial charge in [-0.15, -0.1) is 11.3 Å². The number of β-amino-alcohol motifs (C(OH)–C–C–N with tert-alkyl or cyclic N) is 1. The highest BCUT2D eigenvalue weighted by Gasteiger charge is 2.30. The predicted molar refractivity (Wildman–Crippen MR) is 99.4 cm³/mol.